The highest BCUT2D eigenvalue weighted by atomic mass is 35.5. The lowest BCUT2D eigenvalue weighted by atomic mass is 10.1. The van der Waals surface area contributed by atoms with E-state index in [0.717, 1.165) is 0 Å². The van der Waals surface area contributed by atoms with E-state index in [2.05, 4.69) is 10.6 Å². The van der Waals surface area contributed by atoms with E-state index in [0.29, 0.717) is 27.2 Å². The molecule has 3 aromatic rings. The molecular formula is C20H16Cl2N2O5. The molecule has 0 spiro atoms. The lowest BCUT2D eigenvalue weighted by Crippen LogP contribution is -2.18. The third kappa shape index (κ3) is 4.64. The lowest BCUT2D eigenvalue weighted by molar-refractivity contribution is 0.0996. The van der Waals surface area contributed by atoms with E-state index in [1.807, 2.05) is 0 Å². The molecule has 0 atom stereocenters. The number of carbonyl (C=O) groups is 2. The Balaban J connectivity index is 1.96. The number of nitrogens with one attached hydrogen (secondary N) is 2. The third-order valence-electron chi connectivity index (χ3n) is 3.94. The van der Waals surface area contributed by atoms with Crippen molar-refractivity contribution in [2.24, 2.45) is 0 Å². The maximum Gasteiger partial charge on any atom is 0.291 e. The van der Waals surface area contributed by atoms with Crippen molar-refractivity contribution in [3.8, 4) is 11.5 Å². The van der Waals surface area contributed by atoms with Crippen LogP contribution in [0.15, 0.2) is 53.1 Å². The number of halogens is 2. The number of ether oxygens (including phenoxy) is 2. The molecule has 0 fully saturated rings. The van der Waals surface area contributed by atoms with Crippen LogP contribution in [0.25, 0.3) is 0 Å². The summed E-state index contributed by atoms with van der Waals surface area (Å²) >= 11 is 11.9. The van der Waals surface area contributed by atoms with Crippen LogP contribution in [0.2, 0.25) is 10.0 Å². The molecule has 2 aromatic carbocycles. The minimum atomic E-state index is -0.522. The van der Waals surface area contributed by atoms with Gasteiger partial charge in [-0.15, -0.1) is 0 Å². The standard InChI is InChI=1S/C20H16Cl2N2O5/c1-27-17-9-12(19(25)23-11-5-6-13(21)14(22)8-11)15(10-18(17)28-2)24-20(26)16-4-3-7-29-16/h3-10H,1-2H3,(H,23,25)(H,24,26). The average Bonchev–Trinajstić information content (AvgIpc) is 3.25. The van der Waals surface area contributed by atoms with Gasteiger partial charge in [-0.25, -0.2) is 0 Å². The van der Waals surface area contributed by atoms with E-state index in [1.54, 1.807) is 18.2 Å². The van der Waals surface area contributed by atoms with Gasteiger partial charge < -0.3 is 24.5 Å². The zero-order valence-corrected chi connectivity index (χ0v) is 16.9. The number of benzene rings is 2. The Hall–Kier alpha value is -3.16. The maximum atomic E-state index is 12.9. The molecular weight excluding hydrogens is 419 g/mol. The van der Waals surface area contributed by atoms with Crippen molar-refractivity contribution in [1.82, 2.24) is 0 Å². The molecule has 3 rings (SSSR count). The summed E-state index contributed by atoms with van der Waals surface area (Å²) in [5.41, 5.74) is 0.790. The second-order valence-electron chi connectivity index (χ2n) is 5.77. The zero-order valence-electron chi connectivity index (χ0n) is 15.4. The summed E-state index contributed by atoms with van der Waals surface area (Å²) in [6.07, 6.45) is 1.38. The Kier molecular flexibility index (Phi) is 6.31. The molecule has 0 saturated carbocycles. The van der Waals surface area contributed by atoms with Crippen LogP contribution in [0, 0.1) is 0 Å². The summed E-state index contributed by atoms with van der Waals surface area (Å²) in [5.74, 6) is -0.267. The number of hydrogen-bond donors (Lipinski definition) is 2. The molecule has 0 radical (unpaired) electrons. The molecule has 1 aromatic heterocycles. The number of anilines is 2. The van der Waals surface area contributed by atoms with Crippen molar-refractivity contribution in [3.05, 3.63) is 70.1 Å². The number of amides is 2. The summed E-state index contributed by atoms with van der Waals surface area (Å²) in [6, 6.07) is 10.7. The second kappa shape index (κ2) is 8.89. The Bertz CT molecular complexity index is 1050. The Morgan fingerprint density at radius 1 is 0.897 bits per heavy atom. The largest absolute Gasteiger partial charge is 0.493 e. The van der Waals surface area contributed by atoms with Gasteiger partial charge in [-0.1, -0.05) is 23.2 Å². The summed E-state index contributed by atoms with van der Waals surface area (Å²) in [5, 5.41) is 6.02. The fourth-order valence-corrected chi connectivity index (χ4v) is 2.83. The van der Waals surface area contributed by atoms with Crippen molar-refractivity contribution in [3.63, 3.8) is 0 Å². The number of methoxy groups -OCH3 is 2. The topological polar surface area (TPSA) is 89.8 Å². The van der Waals surface area contributed by atoms with Crippen molar-refractivity contribution in [2.75, 3.05) is 24.9 Å². The maximum absolute atomic E-state index is 12.9. The first-order valence-corrected chi connectivity index (χ1v) is 9.05. The van der Waals surface area contributed by atoms with Crippen LogP contribution in [0.4, 0.5) is 11.4 Å². The molecule has 0 aliphatic rings. The summed E-state index contributed by atoms with van der Waals surface area (Å²) in [4.78, 5) is 25.3. The highest BCUT2D eigenvalue weighted by Crippen LogP contribution is 2.34. The van der Waals surface area contributed by atoms with E-state index < -0.39 is 11.8 Å². The number of furan rings is 1. The van der Waals surface area contributed by atoms with Gasteiger partial charge >= 0.3 is 0 Å². The molecule has 2 amide bonds. The van der Waals surface area contributed by atoms with E-state index in [-0.39, 0.29) is 17.0 Å². The minimum Gasteiger partial charge on any atom is -0.493 e. The van der Waals surface area contributed by atoms with Crippen LogP contribution >= 0.6 is 23.2 Å². The van der Waals surface area contributed by atoms with E-state index in [4.69, 9.17) is 37.1 Å². The van der Waals surface area contributed by atoms with Gasteiger partial charge in [0.2, 0.25) is 0 Å². The van der Waals surface area contributed by atoms with Crippen LogP contribution < -0.4 is 20.1 Å². The van der Waals surface area contributed by atoms with Crippen molar-refractivity contribution >= 4 is 46.4 Å². The van der Waals surface area contributed by atoms with Crippen molar-refractivity contribution in [1.29, 1.82) is 0 Å². The molecule has 0 saturated heterocycles. The van der Waals surface area contributed by atoms with Crippen LogP contribution in [0.3, 0.4) is 0 Å². The quantitative estimate of drug-likeness (QED) is 0.562. The summed E-state index contributed by atoms with van der Waals surface area (Å²) in [6.45, 7) is 0. The number of carbonyl (C=O) groups excluding carboxylic acids is 2. The van der Waals surface area contributed by atoms with Gasteiger partial charge in [0.05, 0.1) is 41.8 Å². The summed E-state index contributed by atoms with van der Waals surface area (Å²) in [7, 11) is 2.89. The normalized spacial score (nSPS) is 10.3. The molecule has 0 bridgehead atoms. The van der Waals surface area contributed by atoms with Crippen molar-refractivity contribution < 1.29 is 23.5 Å². The minimum absolute atomic E-state index is 0.0932. The molecule has 0 aliphatic heterocycles. The molecule has 0 unspecified atom stereocenters. The van der Waals surface area contributed by atoms with Gasteiger partial charge in [0.1, 0.15) is 0 Å². The first-order chi connectivity index (χ1) is 13.9. The van der Waals surface area contributed by atoms with Crippen LogP contribution in [-0.2, 0) is 0 Å². The van der Waals surface area contributed by atoms with E-state index in [9.17, 15) is 9.59 Å². The highest BCUT2D eigenvalue weighted by Gasteiger charge is 2.20. The Morgan fingerprint density at radius 2 is 1.62 bits per heavy atom. The SMILES string of the molecule is COc1cc(NC(=O)c2ccco2)c(C(=O)Nc2ccc(Cl)c(Cl)c2)cc1OC. The average molecular weight is 435 g/mol. The highest BCUT2D eigenvalue weighted by molar-refractivity contribution is 6.42. The number of hydrogen-bond acceptors (Lipinski definition) is 5. The smallest absolute Gasteiger partial charge is 0.291 e. The lowest BCUT2D eigenvalue weighted by Gasteiger charge is -2.15. The van der Waals surface area contributed by atoms with Gasteiger partial charge in [0.15, 0.2) is 17.3 Å². The summed E-state index contributed by atoms with van der Waals surface area (Å²) < 4.78 is 15.6. The Morgan fingerprint density at radius 3 is 2.24 bits per heavy atom. The van der Waals surface area contributed by atoms with Gasteiger partial charge in [-0.2, -0.15) is 0 Å². The Labute approximate surface area is 176 Å². The molecule has 1 heterocycles. The molecule has 9 heteroatoms. The van der Waals surface area contributed by atoms with E-state index in [1.165, 1.54) is 44.7 Å². The molecule has 0 aliphatic carbocycles. The second-order valence-corrected chi connectivity index (χ2v) is 6.58. The predicted molar refractivity (Wildman–Crippen MR) is 111 cm³/mol. The molecule has 2 N–H and O–H groups in total. The first-order valence-electron chi connectivity index (χ1n) is 8.30. The fraction of sp³-hybridized carbons (Fsp3) is 0.100. The van der Waals surface area contributed by atoms with Crippen LogP contribution in [0.5, 0.6) is 11.5 Å². The molecule has 29 heavy (non-hydrogen) atoms. The predicted octanol–water partition coefficient (Wildman–Crippen LogP) is 5.11. The van der Waals surface area contributed by atoms with Gasteiger partial charge in [0.25, 0.3) is 11.8 Å². The first kappa shape index (κ1) is 20.6. The molecule has 150 valence electrons. The molecule has 7 nitrogen and oxygen atoms in total. The fourth-order valence-electron chi connectivity index (χ4n) is 2.53. The van der Waals surface area contributed by atoms with Gasteiger partial charge in [-0.3, -0.25) is 9.59 Å². The third-order valence-corrected chi connectivity index (χ3v) is 4.68. The van der Waals surface area contributed by atoms with Crippen LogP contribution in [-0.4, -0.2) is 26.0 Å². The number of rotatable bonds is 6. The van der Waals surface area contributed by atoms with Crippen molar-refractivity contribution in [2.45, 2.75) is 0 Å². The van der Waals surface area contributed by atoms with Gasteiger partial charge in [0, 0.05) is 11.8 Å². The zero-order chi connectivity index (χ0) is 21.0. The van der Waals surface area contributed by atoms with E-state index >= 15 is 0 Å². The van der Waals surface area contributed by atoms with Crippen LogP contribution in [0.1, 0.15) is 20.9 Å². The van der Waals surface area contributed by atoms with Gasteiger partial charge in [-0.05, 0) is 36.4 Å². The monoisotopic (exact) mass is 434 g/mol.